The lowest BCUT2D eigenvalue weighted by Crippen LogP contribution is -2.49. The minimum Gasteiger partial charge on any atom is -0.444 e. The molecule has 0 radical (unpaired) electrons. The van der Waals surface area contributed by atoms with Crippen LogP contribution in [0.15, 0.2) is 35.1 Å². The van der Waals surface area contributed by atoms with Crippen molar-refractivity contribution >= 4 is 23.5 Å². The fraction of sp³-hybridized carbons (Fsp3) is 0.571. The molecule has 38 heavy (non-hydrogen) atoms. The Bertz CT molecular complexity index is 1270. The minimum atomic E-state index is -0.539. The van der Waals surface area contributed by atoms with Crippen LogP contribution in [0.4, 0.5) is 16.3 Å². The van der Waals surface area contributed by atoms with Crippen molar-refractivity contribution in [3.8, 4) is 0 Å². The monoisotopic (exact) mass is 523 g/mol. The van der Waals surface area contributed by atoms with Gasteiger partial charge in [0.05, 0.1) is 19.6 Å². The zero-order valence-corrected chi connectivity index (χ0v) is 22.7. The first kappa shape index (κ1) is 26.2. The van der Waals surface area contributed by atoms with E-state index in [4.69, 9.17) is 14.5 Å². The van der Waals surface area contributed by atoms with Crippen LogP contribution in [0.5, 0.6) is 0 Å². The molecule has 0 unspecified atom stereocenters. The van der Waals surface area contributed by atoms with Crippen molar-refractivity contribution in [3.63, 3.8) is 0 Å². The van der Waals surface area contributed by atoms with Crippen molar-refractivity contribution in [1.82, 2.24) is 14.5 Å². The summed E-state index contributed by atoms with van der Waals surface area (Å²) in [4.78, 5) is 49.4. The Labute approximate surface area is 223 Å². The van der Waals surface area contributed by atoms with Crippen LogP contribution in [0, 0.1) is 0 Å². The number of carbonyl (C=O) groups excluding carboxylic acids is 2. The molecule has 0 N–H and O–H groups in total. The van der Waals surface area contributed by atoms with Crippen molar-refractivity contribution in [2.75, 3.05) is 55.7 Å². The first-order valence-electron chi connectivity index (χ1n) is 13.3. The number of rotatable bonds is 3. The molecule has 0 saturated carbocycles. The molecule has 1 aromatic carbocycles. The van der Waals surface area contributed by atoms with Crippen molar-refractivity contribution < 1.29 is 19.1 Å². The summed E-state index contributed by atoms with van der Waals surface area (Å²) >= 11 is 0. The summed E-state index contributed by atoms with van der Waals surface area (Å²) in [5, 5.41) is 0. The zero-order chi connectivity index (χ0) is 27.1. The van der Waals surface area contributed by atoms with Crippen LogP contribution in [0.25, 0.3) is 0 Å². The van der Waals surface area contributed by atoms with Crippen LogP contribution in [0.1, 0.15) is 45.0 Å². The van der Waals surface area contributed by atoms with E-state index < -0.39 is 5.60 Å². The van der Waals surface area contributed by atoms with Crippen molar-refractivity contribution in [2.24, 2.45) is 7.05 Å². The SMILES string of the molecule is Cn1c(CC(=O)N2CC3(CCN(C(=O)OC(C)(C)C)CC3)c3ccccc32)nc(N2CCOCC2)cc1=O. The van der Waals surface area contributed by atoms with Gasteiger partial charge in [-0.2, -0.15) is 0 Å². The van der Waals surface area contributed by atoms with E-state index in [0.717, 1.165) is 24.1 Å². The Morgan fingerprint density at radius 3 is 2.45 bits per heavy atom. The van der Waals surface area contributed by atoms with Gasteiger partial charge < -0.3 is 24.2 Å². The number of morpholine rings is 1. The number of hydrogen-bond donors (Lipinski definition) is 0. The predicted octanol–water partition coefficient (Wildman–Crippen LogP) is 2.47. The second-order valence-electron chi connectivity index (χ2n) is 11.4. The van der Waals surface area contributed by atoms with E-state index in [1.54, 1.807) is 11.9 Å². The summed E-state index contributed by atoms with van der Waals surface area (Å²) < 4.78 is 12.5. The number of likely N-dealkylation sites (tertiary alicyclic amines) is 1. The highest BCUT2D eigenvalue weighted by molar-refractivity contribution is 5.97. The Hall–Kier alpha value is -3.40. The maximum absolute atomic E-state index is 13.7. The summed E-state index contributed by atoms with van der Waals surface area (Å²) in [6.45, 7) is 9.80. The van der Waals surface area contributed by atoms with E-state index in [1.165, 1.54) is 10.6 Å². The molecule has 5 rings (SSSR count). The molecule has 2 aromatic rings. The molecule has 4 heterocycles. The van der Waals surface area contributed by atoms with Crippen molar-refractivity contribution in [2.45, 2.75) is 51.0 Å². The molecule has 1 aromatic heterocycles. The molecule has 3 aliphatic heterocycles. The summed E-state index contributed by atoms with van der Waals surface area (Å²) in [5.74, 6) is 0.944. The molecular formula is C28H37N5O5. The van der Waals surface area contributed by atoms with Gasteiger partial charge in [-0.15, -0.1) is 0 Å². The fourth-order valence-corrected chi connectivity index (χ4v) is 5.64. The quantitative estimate of drug-likeness (QED) is 0.610. The standard InChI is InChI=1S/C28H37N5O5/c1-27(2,3)38-26(36)32-11-9-28(10-12-32)19-33(21-8-6-5-7-20(21)28)25(35)17-22-29-23(18-24(34)30(22)4)31-13-15-37-16-14-31/h5-8,18H,9-17,19H2,1-4H3. The maximum atomic E-state index is 13.7. The number of ether oxygens (including phenoxy) is 2. The smallest absolute Gasteiger partial charge is 0.410 e. The lowest BCUT2D eigenvalue weighted by atomic mass is 9.74. The summed E-state index contributed by atoms with van der Waals surface area (Å²) in [6.07, 6.45) is 1.23. The molecule has 0 bridgehead atoms. The third-order valence-corrected chi connectivity index (χ3v) is 7.76. The molecule has 2 fully saturated rings. The molecule has 3 aliphatic rings. The average molecular weight is 524 g/mol. The lowest BCUT2D eigenvalue weighted by molar-refractivity contribution is -0.118. The van der Waals surface area contributed by atoms with Gasteiger partial charge in [-0.05, 0) is 45.2 Å². The molecule has 2 amide bonds. The predicted molar refractivity (Wildman–Crippen MR) is 144 cm³/mol. The van der Waals surface area contributed by atoms with Crippen LogP contribution < -0.4 is 15.4 Å². The Balaban J connectivity index is 1.34. The molecule has 204 valence electrons. The van der Waals surface area contributed by atoms with Gasteiger partial charge in [-0.25, -0.2) is 9.78 Å². The van der Waals surface area contributed by atoms with Gasteiger partial charge in [0.25, 0.3) is 5.56 Å². The van der Waals surface area contributed by atoms with E-state index in [0.29, 0.717) is 57.6 Å². The Kier molecular flexibility index (Phi) is 6.94. The molecule has 2 saturated heterocycles. The highest BCUT2D eigenvalue weighted by Crippen LogP contribution is 2.47. The van der Waals surface area contributed by atoms with Gasteiger partial charge in [0.15, 0.2) is 0 Å². The number of piperidine rings is 1. The zero-order valence-electron chi connectivity index (χ0n) is 22.7. The fourth-order valence-electron chi connectivity index (χ4n) is 5.64. The Morgan fingerprint density at radius 1 is 1.08 bits per heavy atom. The summed E-state index contributed by atoms with van der Waals surface area (Å²) in [5.41, 5.74) is 1.10. The van der Waals surface area contributed by atoms with Crippen LogP contribution in [0.2, 0.25) is 0 Å². The second kappa shape index (κ2) is 10.1. The van der Waals surface area contributed by atoms with Crippen LogP contribution in [0.3, 0.4) is 0 Å². The molecule has 0 atom stereocenters. The molecule has 0 aliphatic carbocycles. The van der Waals surface area contributed by atoms with E-state index >= 15 is 0 Å². The number of nitrogens with zero attached hydrogens (tertiary/aromatic N) is 5. The first-order valence-corrected chi connectivity index (χ1v) is 13.3. The average Bonchev–Trinajstić information content (AvgIpc) is 3.20. The number of fused-ring (bicyclic) bond motifs is 2. The van der Waals surface area contributed by atoms with Gasteiger partial charge in [0, 0.05) is 56.9 Å². The van der Waals surface area contributed by atoms with Crippen LogP contribution in [-0.4, -0.2) is 78.0 Å². The highest BCUT2D eigenvalue weighted by Gasteiger charge is 2.47. The van der Waals surface area contributed by atoms with Gasteiger partial charge in [0.1, 0.15) is 17.2 Å². The summed E-state index contributed by atoms with van der Waals surface area (Å²) in [6, 6.07) is 9.56. The van der Waals surface area contributed by atoms with E-state index in [9.17, 15) is 14.4 Å². The van der Waals surface area contributed by atoms with E-state index in [2.05, 4.69) is 6.07 Å². The normalized spacial score (nSPS) is 19.0. The number of para-hydroxylation sites is 1. The topological polar surface area (TPSA) is 97.2 Å². The molecule has 1 spiro atoms. The van der Waals surface area contributed by atoms with Gasteiger partial charge in [-0.1, -0.05) is 18.2 Å². The van der Waals surface area contributed by atoms with Crippen LogP contribution >= 0.6 is 0 Å². The maximum Gasteiger partial charge on any atom is 0.410 e. The van der Waals surface area contributed by atoms with Gasteiger partial charge in [-0.3, -0.25) is 14.2 Å². The second-order valence-corrected chi connectivity index (χ2v) is 11.4. The number of anilines is 2. The number of amides is 2. The van der Waals surface area contributed by atoms with E-state index in [-0.39, 0.29) is 29.4 Å². The third kappa shape index (κ3) is 5.14. The molecule has 10 heteroatoms. The molecular weight excluding hydrogens is 486 g/mol. The molecule has 10 nitrogen and oxygen atoms in total. The number of aromatic nitrogens is 2. The van der Waals surface area contributed by atoms with E-state index in [1.807, 2.05) is 48.8 Å². The van der Waals surface area contributed by atoms with Crippen molar-refractivity contribution in [3.05, 3.63) is 52.1 Å². The number of benzene rings is 1. The number of carbonyl (C=O) groups is 2. The Morgan fingerprint density at radius 2 is 1.76 bits per heavy atom. The minimum absolute atomic E-state index is 0.0262. The van der Waals surface area contributed by atoms with Gasteiger partial charge >= 0.3 is 6.09 Å². The first-order chi connectivity index (χ1) is 18.1. The van der Waals surface area contributed by atoms with Crippen LogP contribution in [-0.2, 0) is 33.2 Å². The highest BCUT2D eigenvalue weighted by atomic mass is 16.6. The largest absolute Gasteiger partial charge is 0.444 e. The lowest BCUT2D eigenvalue weighted by Gasteiger charge is -2.40. The third-order valence-electron chi connectivity index (χ3n) is 7.76. The van der Waals surface area contributed by atoms with Gasteiger partial charge in [0.2, 0.25) is 5.91 Å². The number of hydrogen-bond acceptors (Lipinski definition) is 7. The van der Waals surface area contributed by atoms with Crippen molar-refractivity contribution in [1.29, 1.82) is 0 Å². The summed E-state index contributed by atoms with van der Waals surface area (Å²) in [7, 11) is 1.66.